The fourth-order valence-electron chi connectivity index (χ4n) is 1.23. The summed E-state index contributed by atoms with van der Waals surface area (Å²) in [4.78, 5) is 17.0. The van der Waals surface area contributed by atoms with Crippen LogP contribution in [-0.4, -0.2) is 14.9 Å². The summed E-state index contributed by atoms with van der Waals surface area (Å²) in [5.74, 6) is -1.21. The first-order valence-corrected chi connectivity index (χ1v) is 5.52. The fourth-order valence-corrected chi connectivity index (χ4v) is 1.54. The normalized spacial score (nSPS) is 10.3. The molecule has 1 heterocycles. The summed E-state index contributed by atoms with van der Waals surface area (Å²) < 4.78 is 18.0. The number of nitro groups is 1. The van der Waals surface area contributed by atoms with Gasteiger partial charge < -0.3 is 4.74 Å². The monoisotopic (exact) mass is 303 g/mol. The number of ether oxygens (including phenoxy) is 1. The van der Waals surface area contributed by atoms with E-state index in [2.05, 4.69) is 9.97 Å². The number of nitrogens with zero attached hydrogens (tertiary/aromatic N) is 3. The molecule has 0 fully saturated rings. The third kappa shape index (κ3) is 3.07. The summed E-state index contributed by atoms with van der Waals surface area (Å²) in [6.07, 6.45) is 0.925. The molecule has 0 atom stereocenters. The van der Waals surface area contributed by atoms with Crippen molar-refractivity contribution in [1.29, 1.82) is 0 Å². The standard InChI is InChI=1S/C10H4Cl2FN3O3/c11-5-1-7(16(17)18)8(2-6(5)12)19-10-3-9(13)14-4-15-10/h1-4H. The lowest BCUT2D eigenvalue weighted by Gasteiger charge is -2.06. The van der Waals surface area contributed by atoms with Gasteiger partial charge in [-0.15, -0.1) is 0 Å². The van der Waals surface area contributed by atoms with Crippen LogP contribution in [0.3, 0.4) is 0 Å². The lowest BCUT2D eigenvalue weighted by Crippen LogP contribution is -1.96. The van der Waals surface area contributed by atoms with E-state index < -0.39 is 16.6 Å². The SMILES string of the molecule is O=[N+]([O-])c1cc(Cl)c(Cl)cc1Oc1cc(F)ncn1. The largest absolute Gasteiger partial charge is 0.432 e. The summed E-state index contributed by atoms with van der Waals surface area (Å²) in [7, 11) is 0. The van der Waals surface area contributed by atoms with Gasteiger partial charge in [0, 0.05) is 12.1 Å². The van der Waals surface area contributed by atoms with Crippen LogP contribution >= 0.6 is 23.2 Å². The summed E-state index contributed by atoms with van der Waals surface area (Å²) in [5, 5.41) is 10.9. The average Bonchev–Trinajstić information content (AvgIpc) is 2.33. The third-order valence-corrected chi connectivity index (χ3v) is 2.74. The van der Waals surface area contributed by atoms with Gasteiger partial charge in [-0.2, -0.15) is 4.39 Å². The average molecular weight is 304 g/mol. The van der Waals surface area contributed by atoms with Crippen LogP contribution in [0.25, 0.3) is 0 Å². The number of aromatic nitrogens is 2. The van der Waals surface area contributed by atoms with E-state index in [0.29, 0.717) is 0 Å². The van der Waals surface area contributed by atoms with E-state index in [1.165, 1.54) is 0 Å². The first-order valence-electron chi connectivity index (χ1n) is 4.76. The zero-order chi connectivity index (χ0) is 14.0. The maximum atomic E-state index is 12.9. The Kier molecular flexibility index (Phi) is 3.77. The number of hydrogen-bond acceptors (Lipinski definition) is 5. The predicted molar refractivity (Wildman–Crippen MR) is 65.2 cm³/mol. The molecule has 0 radical (unpaired) electrons. The van der Waals surface area contributed by atoms with Crippen molar-refractivity contribution in [2.24, 2.45) is 0 Å². The maximum Gasteiger partial charge on any atom is 0.313 e. The molecule has 0 N–H and O–H groups in total. The van der Waals surface area contributed by atoms with E-state index in [4.69, 9.17) is 27.9 Å². The summed E-state index contributed by atoms with van der Waals surface area (Å²) in [6, 6.07) is 3.07. The molecule has 0 unspecified atom stereocenters. The zero-order valence-electron chi connectivity index (χ0n) is 9.01. The molecule has 0 saturated heterocycles. The topological polar surface area (TPSA) is 78.2 Å². The van der Waals surface area contributed by atoms with E-state index in [9.17, 15) is 14.5 Å². The quantitative estimate of drug-likeness (QED) is 0.491. The highest BCUT2D eigenvalue weighted by molar-refractivity contribution is 6.42. The first kappa shape index (κ1) is 13.4. The Bertz CT molecular complexity index is 654. The highest BCUT2D eigenvalue weighted by Gasteiger charge is 2.19. The molecule has 0 amide bonds. The van der Waals surface area contributed by atoms with Gasteiger partial charge in [-0.05, 0) is 0 Å². The van der Waals surface area contributed by atoms with Crippen LogP contribution in [0.4, 0.5) is 10.1 Å². The van der Waals surface area contributed by atoms with Crippen molar-refractivity contribution >= 4 is 28.9 Å². The molecule has 98 valence electrons. The minimum atomic E-state index is -0.826. The molecule has 9 heteroatoms. The molecule has 0 aliphatic carbocycles. The van der Waals surface area contributed by atoms with Crippen LogP contribution in [0.1, 0.15) is 0 Å². The number of rotatable bonds is 3. The molecule has 2 aromatic rings. The summed E-state index contributed by atoms with van der Waals surface area (Å²) >= 11 is 11.4. The van der Waals surface area contributed by atoms with Crippen LogP contribution in [0, 0.1) is 16.1 Å². The molecular weight excluding hydrogens is 300 g/mol. The van der Waals surface area contributed by atoms with Crippen molar-refractivity contribution in [2.45, 2.75) is 0 Å². The van der Waals surface area contributed by atoms with Crippen molar-refractivity contribution < 1.29 is 14.1 Å². The molecule has 6 nitrogen and oxygen atoms in total. The first-order chi connectivity index (χ1) is 8.97. The number of halogens is 3. The molecule has 19 heavy (non-hydrogen) atoms. The molecule has 1 aromatic carbocycles. The molecule has 2 rings (SSSR count). The van der Waals surface area contributed by atoms with Crippen LogP contribution in [0.5, 0.6) is 11.6 Å². The van der Waals surface area contributed by atoms with Gasteiger partial charge in [0.25, 0.3) is 0 Å². The van der Waals surface area contributed by atoms with Gasteiger partial charge in [0.15, 0.2) is 0 Å². The van der Waals surface area contributed by atoms with E-state index in [0.717, 1.165) is 24.5 Å². The highest BCUT2D eigenvalue weighted by atomic mass is 35.5. The van der Waals surface area contributed by atoms with Gasteiger partial charge in [-0.3, -0.25) is 10.1 Å². The van der Waals surface area contributed by atoms with Gasteiger partial charge in [-0.1, -0.05) is 23.2 Å². The number of hydrogen-bond donors (Lipinski definition) is 0. The Morgan fingerprint density at radius 1 is 1.21 bits per heavy atom. The Hall–Kier alpha value is -1.99. The zero-order valence-corrected chi connectivity index (χ0v) is 10.5. The minimum absolute atomic E-state index is 0.00887. The molecule has 0 aliphatic heterocycles. The summed E-state index contributed by atoms with van der Waals surface area (Å²) in [5.41, 5.74) is -0.409. The van der Waals surface area contributed by atoms with E-state index in [1.807, 2.05) is 0 Å². The highest BCUT2D eigenvalue weighted by Crippen LogP contribution is 2.37. The third-order valence-electron chi connectivity index (χ3n) is 2.02. The molecule has 0 spiro atoms. The Labute approximate surface area is 115 Å². The van der Waals surface area contributed by atoms with Crippen LogP contribution < -0.4 is 4.74 Å². The van der Waals surface area contributed by atoms with E-state index >= 15 is 0 Å². The van der Waals surface area contributed by atoms with Crippen molar-refractivity contribution in [3.05, 3.63) is 50.6 Å². The lowest BCUT2D eigenvalue weighted by molar-refractivity contribution is -0.385. The smallest absolute Gasteiger partial charge is 0.313 e. The number of nitro benzene ring substituents is 1. The summed E-state index contributed by atoms with van der Waals surface area (Å²) in [6.45, 7) is 0. The second-order valence-electron chi connectivity index (χ2n) is 3.27. The van der Waals surface area contributed by atoms with Crippen molar-refractivity contribution in [3.8, 4) is 11.6 Å². The van der Waals surface area contributed by atoms with Crippen molar-refractivity contribution in [1.82, 2.24) is 9.97 Å². The Morgan fingerprint density at radius 2 is 1.89 bits per heavy atom. The Morgan fingerprint density at radius 3 is 2.53 bits per heavy atom. The lowest BCUT2D eigenvalue weighted by atomic mass is 10.3. The molecule has 0 saturated carbocycles. The van der Waals surface area contributed by atoms with E-state index in [-0.39, 0.29) is 21.7 Å². The van der Waals surface area contributed by atoms with Gasteiger partial charge in [-0.25, -0.2) is 9.97 Å². The van der Waals surface area contributed by atoms with Crippen molar-refractivity contribution in [3.63, 3.8) is 0 Å². The van der Waals surface area contributed by atoms with Crippen molar-refractivity contribution in [2.75, 3.05) is 0 Å². The molecule has 0 bridgehead atoms. The minimum Gasteiger partial charge on any atom is -0.432 e. The van der Waals surface area contributed by atoms with Gasteiger partial charge in [0.2, 0.25) is 17.6 Å². The fraction of sp³-hybridized carbons (Fsp3) is 0. The second kappa shape index (κ2) is 5.33. The predicted octanol–water partition coefficient (Wildman–Crippen LogP) is 3.62. The van der Waals surface area contributed by atoms with E-state index in [1.54, 1.807) is 0 Å². The van der Waals surface area contributed by atoms with Crippen LogP contribution in [0.2, 0.25) is 10.0 Å². The molecule has 1 aromatic heterocycles. The van der Waals surface area contributed by atoms with Crippen LogP contribution in [0.15, 0.2) is 24.5 Å². The number of benzene rings is 1. The maximum absolute atomic E-state index is 12.9. The Balaban J connectivity index is 2.44. The van der Waals surface area contributed by atoms with Gasteiger partial charge in [0.1, 0.15) is 6.33 Å². The van der Waals surface area contributed by atoms with Gasteiger partial charge in [0.05, 0.1) is 21.0 Å². The van der Waals surface area contributed by atoms with Gasteiger partial charge >= 0.3 is 5.69 Å². The second-order valence-corrected chi connectivity index (χ2v) is 4.09. The molecule has 0 aliphatic rings. The molecular formula is C10H4Cl2FN3O3. The van der Waals surface area contributed by atoms with Crippen LogP contribution in [-0.2, 0) is 0 Å².